The quantitative estimate of drug-likeness (QED) is 0.668. The fraction of sp³-hybridized carbons (Fsp3) is 0.846. The van der Waals surface area contributed by atoms with Gasteiger partial charge in [0.25, 0.3) is 0 Å². The maximum Gasteiger partial charge on any atom is 0.0413 e. The van der Waals surface area contributed by atoms with Crippen molar-refractivity contribution in [3.8, 4) is 0 Å². The molecule has 4 unspecified atom stereocenters. The van der Waals surface area contributed by atoms with Gasteiger partial charge in [-0.25, -0.2) is 0 Å². The highest BCUT2D eigenvalue weighted by Gasteiger charge is 2.30. The van der Waals surface area contributed by atoms with Crippen molar-refractivity contribution in [2.75, 3.05) is 6.54 Å². The molecule has 92 valence electrons. The first-order valence-corrected chi connectivity index (χ1v) is 6.34. The molecular weight excluding hydrogens is 198 g/mol. The maximum atomic E-state index is 7.20. The van der Waals surface area contributed by atoms with Gasteiger partial charge in [-0.2, -0.15) is 0 Å². The third-order valence-corrected chi connectivity index (χ3v) is 3.74. The first-order valence-electron chi connectivity index (χ1n) is 6.34. The standard InChI is InChI=1S/C13H25N3/c1-10(15)7-13-8-11(5-6-14)3-4-12(13)9-16-2/h6,10-14H,2-5,7-9,15H2,1H3. The van der Waals surface area contributed by atoms with E-state index in [1.165, 1.54) is 19.3 Å². The minimum atomic E-state index is 0.274. The fourth-order valence-corrected chi connectivity index (χ4v) is 2.98. The van der Waals surface area contributed by atoms with Crippen LogP contribution in [-0.2, 0) is 0 Å². The van der Waals surface area contributed by atoms with Gasteiger partial charge in [-0.15, -0.1) is 0 Å². The van der Waals surface area contributed by atoms with Gasteiger partial charge in [0.2, 0.25) is 0 Å². The van der Waals surface area contributed by atoms with E-state index in [0.717, 1.165) is 19.4 Å². The Morgan fingerprint density at radius 3 is 2.81 bits per heavy atom. The van der Waals surface area contributed by atoms with Crippen LogP contribution in [0.5, 0.6) is 0 Å². The van der Waals surface area contributed by atoms with Gasteiger partial charge in [0.1, 0.15) is 0 Å². The molecule has 1 saturated carbocycles. The van der Waals surface area contributed by atoms with Gasteiger partial charge in [-0.3, -0.25) is 0 Å². The molecule has 1 aliphatic rings. The summed E-state index contributed by atoms with van der Waals surface area (Å²) in [6.07, 6.45) is 7.27. The van der Waals surface area contributed by atoms with E-state index < -0.39 is 0 Å². The monoisotopic (exact) mass is 223 g/mol. The molecule has 1 rings (SSSR count). The number of nitrogens with two attached hydrogens (primary N) is 1. The molecule has 16 heavy (non-hydrogen) atoms. The molecule has 3 nitrogen and oxygen atoms in total. The van der Waals surface area contributed by atoms with E-state index >= 15 is 0 Å². The lowest BCUT2D eigenvalue weighted by molar-refractivity contribution is 0.172. The summed E-state index contributed by atoms with van der Waals surface area (Å²) in [6, 6.07) is 0.274. The lowest BCUT2D eigenvalue weighted by Gasteiger charge is -2.36. The van der Waals surface area contributed by atoms with Crippen LogP contribution >= 0.6 is 0 Å². The lowest BCUT2D eigenvalue weighted by Crippen LogP contribution is -2.31. The summed E-state index contributed by atoms with van der Waals surface area (Å²) in [5.74, 6) is 2.05. The zero-order valence-electron chi connectivity index (χ0n) is 10.4. The summed E-state index contributed by atoms with van der Waals surface area (Å²) in [6.45, 7) is 6.57. The summed E-state index contributed by atoms with van der Waals surface area (Å²) in [4.78, 5) is 4.05. The average Bonchev–Trinajstić information content (AvgIpc) is 2.22. The number of rotatable bonds is 6. The van der Waals surface area contributed by atoms with E-state index in [4.69, 9.17) is 11.1 Å². The highest BCUT2D eigenvalue weighted by atomic mass is 14.7. The highest BCUT2D eigenvalue weighted by molar-refractivity contribution is 5.53. The van der Waals surface area contributed by atoms with Crippen LogP contribution in [0.4, 0.5) is 0 Å². The second kappa shape index (κ2) is 6.79. The summed E-state index contributed by atoms with van der Waals surface area (Å²) < 4.78 is 0. The maximum absolute atomic E-state index is 7.20. The summed E-state index contributed by atoms with van der Waals surface area (Å²) in [7, 11) is 0. The predicted octanol–water partition coefficient (Wildman–Crippen LogP) is 2.50. The van der Waals surface area contributed by atoms with Gasteiger partial charge in [0, 0.05) is 12.6 Å². The Balaban J connectivity index is 2.53. The summed E-state index contributed by atoms with van der Waals surface area (Å²) >= 11 is 0. The molecule has 0 saturated heterocycles. The second-order valence-electron chi connectivity index (χ2n) is 5.26. The van der Waals surface area contributed by atoms with Crippen molar-refractivity contribution in [1.82, 2.24) is 0 Å². The molecule has 0 radical (unpaired) electrons. The van der Waals surface area contributed by atoms with Gasteiger partial charge in [-0.1, -0.05) is 0 Å². The molecule has 1 aliphatic carbocycles. The largest absolute Gasteiger partial charge is 0.328 e. The topological polar surface area (TPSA) is 62.2 Å². The van der Waals surface area contributed by atoms with Crippen LogP contribution in [0.3, 0.4) is 0 Å². The van der Waals surface area contributed by atoms with Crippen molar-refractivity contribution >= 4 is 12.9 Å². The van der Waals surface area contributed by atoms with Gasteiger partial charge in [-0.05, 0) is 69.7 Å². The van der Waals surface area contributed by atoms with Crippen LogP contribution in [0.25, 0.3) is 0 Å². The molecule has 3 N–H and O–H groups in total. The van der Waals surface area contributed by atoms with Crippen molar-refractivity contribution in [1.29, 1.82) is 5.41 Å². The molecule has 0 aliphatic heterocycles. The molecule has 3 heteroatoms. The first-order chi connectivity index (χ1) is 7.67. The number of nitrogens with zero attached hydrogens (tertiary/aromatic N) is 1. The predicted molar refractivity (Wildman–Crippen MR) is 70.4 cm³/mol. The third kappa shape index (κ3) is 4.05. The Hall–Kier alpha value is -0.700. The Morgan fingerprint density at radius 1 is 1.50 bits per heavy atom. The van der Waals surface area contributed by atoms with Crippen molar-refractivity contribution in [2.24, 2.45) is 28.5 Å². The molecule has 0 bridgehead atoms. The van der Waals surface area contributed by atoms with E-state index in [1.54, 1.807) is 6.21 Å². The van der Waals surface area contributed by atoms with E-state index in [2.05, 4.69) is 18.6 Å². The Bertz CT molecular complexity index is 225. The van der Waals surface area contributed by atoms with Crippen molar-refractivity contribution in [2.45, 2.75) is 45.1 Å². The normalized spacial score (nSPS) is 32.0. The van der Waals surface area contributed by atoms with Gasteiger partial charge >= 0.3 is 0 Å². The molecule has 0 aromatic heterocycles. The fourth-order valence-electron chi connectivity index (χ4n) is 2.98. The molecule has 4 atom stereocenters. The average molecular weight is 223 g/mol. The van der Waals surface area contributed by atoms with Crippen molar-refractivity contribution in [3.63, 3.8) is 0 Å². The zero-order chi connectivity index (χ0) is 12.0. The molecule has 1 fully saturated rings. The molecule has 0 aromatic carbocycles. The van der Waals surface area contributed by atoms with Crippen LogP contribution in [0.15, 0.2) is 4.99 Å². The second-order valence-corrected chi connectivity index (χ2v) is 5.26. The molecule has 0 heterocycles. The minimum absolute atomic E-state index is 0.274. The number of nitrogens with one attached hydrogen (secondary N) is 1. The summed E-state index contributed by atoms with van der Waals surface area (Å²) in [5.41, 5.74) is 5.91. The van der Waals surface area contributed by atoms with Crippen LogP contribution in [0.2, 0.25) is 0 Å². The Morgan fingerprint density at radius 2 is 2.25 bits per heavy atom. The SMILES string of the molecule is C=NCC1CCC(CC=N)CC1CC(C)N. The number of hydrogen-bond donors (Lipinski definition) is 2. The smallest absolute Gasteiger partial charge is 0.0413 e. The van der Waals surface area contributed by atoms with E-state index in [1.807, 2.05) is 0 Å². The van der Waals surface area contributed by atoms with Gasteiger partial charge in [0.05, 0.1) is 0 Å². The molecule has 0 spiro atoms. The van der Waals surface area contributed by atoms with Gasteiger partial charge in [0.15, 0.2) is 0 Å². The Labute approximate surface area is 99.0 Å². The first kappa shape index (κ1) is 13.4. The van der Waals surface area contributed by atoms with E-state index in [9.17, 15) is 0 Å². The van der Waals surface area contributed by atoms with E-state index in [-0.39, 0.29) is 6.04 Å². The number of aliphatic imine (C=N–C) groups is 1. The highest BCUT2D eigenvalue weighted by Crippen LogP contribution is 2.37. The molecule has 0 amide bonds. The minimum Gasteiger partial charge on any atom is -0.328 e. The lowest BCUT2D eigenvalue weighted by atomic mass is 9.71. The van der Waals surface area contributed by atoms with Crippen LogP contribution in [0.1, 0.15) is 39.0 Å². The number of hydrogen-bond acceptors (Lipinski definition) is 3. The van der Waals surface area contributed by atoms with Crippen LogP contribution < -0.4 is 5.73 Å². The zero-order valence-corrected chi connectivity index (χ0v) is 10.4. The van der Waals surface area contributed by atoms with Crippen LogP contribution in [-0.4, -0.2) is 25.5 Å². The molecular formula is C13H25N3. The van der Waals surface area contributed by atoms with Crippen molar-refractivity contribution in [3.05, 3.63) is 0 Å². The van der Waals surface area contributed by atoms with Crippen molar-refractivity contribution < 1.29 is 0 Å². The molecule has 0 aromatic rings. The Kier molecular flexibility index (Phi) is 5.67. The summed E-state index contributed by atoms with van der Waals surface area (Å²) in [5, 5.41) is 7.20. The van der Waals surface area contributed by atoms with Gasteiger partial charge < -0.3 is 16.1 Å². The van der Waals surface area contributed by atoms with E-state index in [0.29, 0.717) is 17.8 Å². The third-order valence-electron chi connectivity index (χ3n) is 3.74. The van der Waals surface area contributed by atoms with Crippen LogP contribution in [0, 0.1) is 23.2 Å².